The highest BCUT2D eigenvalue weighted by molar-refractivity contribution is 5.78. The van der Waals surface area contributed by atoms with Gasteiger partial charge in [0.2, 0.25) is 5.91 Å². The first-order valence-corrected chi connectivity index (χ1v) is 5.21. The molecule has 1 fully saturated rings. The normalized spacial score (nSPS) is 23.6. The zero-order valence-corrected chi connectivity index (χ0v) is 9.85. The number of rotatable bonds is 2. The van der Waals surface area contributed by atoms with Crippen molar-refractivity contribution in [2.45, 2.75) is 51.9 Å². The monoisotopic (exact) mass is 238 g/mol. The van der Waals surface area contributed by atoms with Gasteiger partial charge in [-0.05, 0) is 19.8 Å². The van der Waals surface area contributed by atoms with Crippen LogP contribution in [-0.2, 0) is 4.79 Å². The van der Waals surface area contributed by atoms with E-state index in [1.54, 1.807) is 13.8 Å². The first-order valence-electron chi connectivity index (χ1n) is 5.21. The Morgan fingerprint density at radius 3 is 2.12 bits per heavy atom. The van der Waals surface area contributed by atoms with E-state index in [1.807, 2.05) is 0 Å². The van der Waals surface area contributed by atoms with Crippen LogP contribution in [0.15, 0.2) is 0 Å². The second-order valence-electron chi connectivity index (χ2n) is 5.12. The molecule has 1 amide bonds. The molecule has 1 atom stereocenters. The average molecular weight is 238 g/mol. The summed E-state index contributed by atoms with van der Waals surface area (Å²) in [5.41, 5.74) is 1.50. The number of hydrogen-bond acceptors (Lipinski definition) is 2. The average Bonchev–Trinajstić information content (AvgIpc) is 2.20. The summed E-state index contributed by atoms with van der Waals surface area (Å²) < 4.78 is 38.7. The predicted molar refractivity (Wildman–Crippen MR) is 53.4 cm³/mol. The third kappa shape index (κ3) is 2.48. The van der Waals surface area contributed by atoms with Gasteiger partial charge in [-0.2, -0.15) is 13.2 Å². The molecule has 94 valence electrons. The lowest BCUT2D eigenvalue weighted by Gasteiger charge is -2.39. The molecule has 1 aliphatic rings. The van der Waals surface area contributed by atoms with E-state index in [1.165, 1.54) is 13.8 Å². The minimum atomic E-state index is -4.34. The van der Waals surface area contributed by atoms with Crippen molar-refractivity contribution < 1.29 is 18.0 Å². The summed E-state index contributed by atoms with van der Waals surface area (Å²) in [6.07, 6.45) is -4.25. The quantitative estimate of drug-likeness (QED) is 0.799. The van der Waals surface area contributed by atoms with Crippen LogP contribution >= 0.6 is 0 Å². The van der Waals surface area contributed by atoms with Crippen molar-refractivity contribution in [3.63, 3.8) is 0 Å². The van der Waals surface area contributed by atoms with Crippen molar-refractivity contribution in [3.05, 3.63) is 0 Å². The Balaban J connectivity index is 3.01. The lowest BCUT2D eigenvalue weighted by Crippen LogP contribution is -2.58. The predicted octanol–water partition coefficient (Wildman–Crippen LogP) is 2.09. The number of carbonyl (C=O) groups is 1. The van der Waals surface area contributed by atoms with Gasteiger partial charge in [0.15, 0.2) is 0 Å². The SMILES string of the molecule is CC(C)[C@H](N1NC(=O)CC1(C)C)C(F)(F)F. The minimum absolute atomic E-state index is 0.0896. The Hall–Kier alpha value is -0.780. The summed E-state index contributed by atoms with van der Waals surface area (Å²) in [7, 11) is 0. The Kier molecular flexibility index (Phi) is 3.24. The van der Waals surface area contributed by atoms with Crippen molar-refractivity contribution >= 4 is 5.91 Å². The molecule has 16 heavy (non-hydrogen) atoms. The van der Waals surface area contributed by atoms with Crippen molar-refractivity contribution in [1.82, 2.24) is 10.4 Å². The topological polar surface area (TPSA) is 32.3 Å². The molecule has 0 saturated carbocycles. The standard InChI is InChI=1S/C10H17F3N2O/c1-6(2)8(10(11,12)13)15-9(3,4)5-7(16)14-15/h6,8H,5H2,1-4H3,(H,14,16)/t8-/m0/s1. The highest BCUT2D eigenvalue weighted by Crippen LogP contribution is 2.36. The van der Waals surface area contributed by atoms with Gasteiger partial charge in [-0.25, -0.2) is 5.01 Å². The highest BCUT2D eigenvalue weighted by Gasteiger charge is 2.53. The van der Waals surface area contributed by atoms with E-state index in [4.69, 9.17) is 0 Å². The van der Waals surface area contributed by atoms with Crippen LogP contribution in [0.25, 0.3) is 0 Å². The molecule has 0 spiro atoms. The maximum atomic E-state index is 12.9. The van der Waals surface area contributed by atoms with E-state index in [0.717, 1.165) is 5.01 Å². The van der Waals surface area contributed by atoms with Gasteiger partial charge in [-0.1, -0.05) is 13.8 Å². The maximum Gasteiger partial charge on any atom is 0.406 e. The Morgan fingerprint density at radius 2 is 1.88 bits per heavy atom. The maximum absolute atomic E-state index is 12.9. The lowest BCUT2D eigenvalue weighted by molar-refractivity contribution is -0.212. The van der Waals surface area contributed by atoms with Crippen LogP contribution in [0.3, 0.4) is 0 Å². The molecule has 0 aromatic carbocycles. The number of hydrogen-bond donors (Lipinski definition) is 1. The molecule has 1 aliphatic heterocycles. The third-order valence-electron chi connectivity index (χ3n) is 2.74. The zero-order valence-electron chi connectivity index (χ0n) is 9.85. The fourth-order valence-corrected chi connectivity index (χ4v) is 2.07. The fraction of sp³-hybridized carbons (Fsp3) is 0.900. The van der Waals surface area contributed by atoms with Crippen molar-refractivity contribution in [3.8, 4) is 0 Å². The smallest absolute Gasteiger partial charge is 0.288 e. The van der Waals surface area contributed by atoms with Gasteiger partial charge in [0.05, 0.1) is 0 Å². The van der Waals surface area contributed by atoms with Crippen LogP contribution < -0.4 is 5.43 Å². The number of halogens is 3. The highest BCUT2D eigenvalue weighted by atomic mass is 19.4. The van der Waals surface area contributed by atoms with Crippen LogP contribution in [0.4, 0.5) is 13.2 Å². The van der Waals surface area contributed by atoms with Crippen molar-refractivity contribution in [2.75, 3.05) is 0 Å². The van der Waals surface area contributed by atoms with Gasteiger partial charge in [0.25, 0.3) is 0 Å². The fourth-order valence-electron chi connectivity index (χ4n) is 2.07. The molecule has 0 bridgehead atoms. The molecule has 1 N–H and O–H groups in total. The molecule has 1 saturated heterocycles. The summed E-state index contributed by atoms with van der Waals surface area (Å²) in [4.78, 5) is 11.2. The van der Waals surface area contributed by atoms with E-state index in [9.17, 15) is 18.0 Å². The first kappa shape index (κ1) is 13.3. The molecular weight excluding hydrogens is 221 g/mol. The summed E-state index contributed by atoms with van der Waals surface area (Å²) >= 11 is 0. The molecule has 3 nitrogen and oxygen atoms in total. The van der Waals surface area contributed by atoms with Crippen LogP contribution in [0.2, 0.25) is 0 Å². The number of hydrazine groups is 1. The third-order valence-corrected chi connectivity index (χ3v) is 2.74. The minimum Gasteiger partial charge on any atom is -0.288 e. The van der Waals surface area contributed by atoms with E-state index in [0.29, 0.717) is 0 Å². The molecule has 1 rings (SSSR count). The number of nitrogens with zero attached hydrogens (tertiary/aromatic N) is 1. The molecule has 0 aliphatic carbocycles. The van der Waals surface area contributed by atoms with Gasteiger partial charge in [0, 0.05) is 12.0 Å². The molecule has 0 aromatic rings. The van der Waals surface area contributed by atoms with E-state index >= 15 is 0 Å². The molecule has 6 heteroatoms. The molecule has 1 heterocycles. The summed E-state index contributed by atoms with van der Waals surface area (Å²) in [5.74, 6) is -0.974. The van der Waals surface area contributed by atoms with Crippen LogP contribution in [0, 0.1) is 5.92 Å². The summed E-state index contributed by atoms with van der Waals surface area (Å²) in [5, 5.41) is 1.04. The number of nitrogens with one attached hydrogen (secondary N) is 1. The summed E-state index contributed by atoms with van der Waals surface area (Å²) in [6, 6.07) is -1.64. The number of amides is 1. The molecule has 0 radical (unpaired) electrons. The number of carbonyl (C=O) groups excluding carboxylic acids is 1. The summed E-state index contributed by atoms with van der Waals surface area (Å²) in [6.45, 7) is 6.26. The van der Waals surface area contributed by atoms with Gasteiger partial charge in [-0.3, -0.25) is 10.2 Å². The van der Waals surface area contributed by atoms with Crippen LogP contribution in [0.1, 0.15) is 34.1 Å². The Labute approximate surface area is 93.0 Å². The first-order chi connectivity index (χ1) is 7.05. The van der Waals surface area contributed by atoms with Crippen molar-refractivity contribution in [1.29, 1.82) is 0 Å². The van der Waals surface area contributed by atoms with Gasteiger partial charge in [-0.15, -0.1) is 0 Å². The van der Waals surface area contributed by atoms with Crippen LogP contribution in [0.5, 0.6) is 0 Å². The second kappa shape index (κ2) is 3.91. The lowest BCUT2D eigenvalue weighted by atomic mass is 9.95. The zero-order chi connectivity index (χ0) is 12.7. The largest absolute Gasteiger partial charge is 0.406 e. The van der Waals surface area contributed by atoms with Gasteiger partial charge < -0.3 is 0 Å². The second-order valence-corrected chi connectivity index (χ2v) is 5.12. The molecule has 0 aromatic heterocycles. The van der Waals surface area contributed by atoms with E-state index in [-0.39, 0.29) is 12.3 Å². The van der Waals surface area contributed by atoms with E-state index < -0.39 is 23.7 Å². The van der Waals surface area contributed by atoms with Crippen LogP contribution in [-0.4, -0.2) is 28.7 Å². The van der Waals surface area contributed by atoms with Crippen molar-refractivity contribution in [2.24, 2.45) is 5.92 Å². The van der Waals surface area contributed by atoms with E-state index in [2.05, 4.69) is 5.43 Å². The van der Waals surface area contributed by atoms with Gasteiger partial charge >= 0.3 is 6.18 Å². The molecular formula is C10H17F3N2O. The number of alkyl halides is 3. The Morgan fingerprint density at radius 1 is 1.38 bits per heavy atom. The molecule has 0 unspecified atom stereocenters. The van der Waals surface area contributed by atoms with Gasteiger partial charge in [0.1, 0.15) is 6.04 Å². The Bertz CT molecular complexity index is 286.